The Morgan fingerprint density at radius 3 is 2.52 bits per heavy atom. The van der Waals surface area contributed by atoms with Crippen LogP contribution in [0.4, 0.5) is 5.69 Å². The topological polar surface area (TPSA) is 84.0 Å². The number of carbonyl (C=O) groups is 2. The number of hydrogen-bond donors (Lipinski definition) is 0. The monoisotopic (exact) mass is 484 g/mol. The van der Waals surface area contributed by atoms with E-state index in [1.807, 2.05) is 0 Å². The SMILES string of the molecule is CC1Cc2cc(C(=O)OCC(=O)N(C)Cc3ccc(Cl)c(Cl)c3)ccc2N1S(C)(=O)=O. The van der Waals surface area contributed by atoms with Gasteiger partial charge in [0.15, 0.2) is 6.61 Å². The number of carbonyl (C=O) groups excluding carboxylic acids is 2. The second-order valence-electron chi connectivity index (χ2n) is 7.53. The number of likely N-dealkylation sites (N-methyl/N-ethyl adjacent to an activating group) is 1. The van der Waals surface area contributed by atoms with Crippen LogP contribution in [-0.4, -0.2) is 51.1 Å². The third-order valence-corrected chi connectivity index (χ3v) is 6.99. The van der Waals surface area contributed by atoms with Crippen molar-refractivity contribution in [2.75, 3.05) is 24.2 Å². The fraction of sp³-hybridized carbons (Fsp3) is 0.333. The minimum Gasteiger partial charge on any atom is -0.452 e. The Balaban J connectivity index is 1.61. The first-order chi connectivity index (χ1) is 14.5. The zero-order valence-corrected chi connectivity index (χ0v) is 19.6. The fourth-order valence-electron chi connectivity index (χ4n) is 3.56. The molecule has 1 amide bonds. The first-order valence-corrected chi connectivity index (χ1v) is 12.0. The fourth-order valence-corrected chi connectivity index (χ4v) is 5.14. The normalized spacial score (nSPS) is 15.5. The standard InChI is InChI=1S/C21H22Cl2N2O5S/c1-13-8-16-10-15(5-7-19(16)25(13)31(3,28)29)21(27)30-12-20(26)24(2)11-14-4-6-17(22)18(23)9-14/h4-7,9-10,13H,8,11-12H2,1-3H3. The lowest BCUT2D eigenvalue weighted by Crippen LogP contribution is -2.34. The van der Waals surface area contributed by atoms with E-state index in [-0.39, 0.29) is 24.1 Å². The summed E-state index contributed by atoms with van der Waals surface area (Å²) in [7, 11) is -1.82. The Morgan fingerprint density at radius 2 is 1.87 bits per heavy atom. The van der Waals surface area contributed by atoms with E-state index in [1.165, 1.54) is 15.3 Å². The third kappa shape index (κ3) is 5.31. The predicted octanol–water partition coefficient (Wildman–Crippen LogP) is 3.52. The summed E-state index contributed by atoms with van der Waals surface area (Å²) in [6.07, 6.45) is 1.65. The van der Waals surface area contributed by atoms with Crippen LogP contribution in [0.2, 0.25) is 10.0 Å². The average Bonchev–Trinajstić information content (AvgIpc) is 3.03. The summed E-state index contributed by atoms with van der Waals surface area (Å²) < 4.78 is 30.5. The number of anilines is 1. The van der Waals surface area contributed by atoms with Gasteiger partial charge in [0.25, 0.3) is 5.91 Å². The van der Waals surface area contributed by atoms with Gasteiger partial charge in [0, 0.05) is 19.6 Å². The van der Waals surface area contributed by atoms with Crippen molar-refractivity contribution in [2.24, 2.45) is 0 Å². The molecule has 3 rings (SSSR count). The van der Waals surface area contributed by atoms with Crippen LogP contribution in [0.1, 0.15) is 28.4 Å². The molecule has 1 aliphatic heterocycles. The van der Waals surface area contributed by atoms with Crippen LogP contribution in [0.15, 0.2) is 36.4 Å². The summed E-state index contributed by atoms with van der Waals surface area (Å²) in [4.78, 5) is 26.2. The molecule has 31 heavy (non-hydrogen) atoms. The Morgan fingerprint density at radius 1 is 1.16 bits per heavy atom. The van der Waals surface area contributed by atoms with Crippen molar-refractivity contribution >= 4 is 50.8 Å². The van der Waals surface area contributed by atoms with Crippen molar-refractivity contribution in [1.82, 2.24) is 4.90 Å². The van der Waals surface area contributed by atoms with E-state index in [4.69, 9.17) is 27.9 Å². The summed E-state index contributed by atoms with van der Waals surface area (Å²) in [5.74, 6) is -1.03. The maximum atomic E-state index is 12.4. The maximum absolute atomic E-state index is 12.4. The predicted molar refractivity (Wildman–Crippen MR) is 120 cm³/mol. The number of halogens is 2. The number of hydrogen-bond acceptors (Lipinski definition) is 5. The highest BCUT2D eigenvalue weighted by Crippen LogP contribution is 2.34. The van der Waals surface area contributed by atoms with Crippen LogP contribution < -0.4 is 4.31 Å². The molecule has 1 heterocycles. The van der Waals surface area contributed by atoms with Gasteiger partial charge in [0.2, 0.25) is 10.0 Å². The molecule has 7 nitrogen and oxygen atoms in total. The van der Waals surface area contributed by atoms with Gasteiger partial charge in [-0.2, -0.15) is 0 Å². The molecule has 1 atom stereocenters. The Labute approximate surface area is 191 Å². The largest absolute Gasteiger partial charge is 0.452 e. The van der Waals surface area contributed by atoms with E-state index in [0.717, 1.165) is 17.4 Å². The maximum Gasteiger partial charge on any atom is 0.338 e. The highest BCUT2D eigenvalue weighted by Gasteiger charge is 2.33. The molecule has 0 aliphatic carbocycles. The van der Waals surface area contributed by atoms with E-state index in [0.29, 0.717) is 22.2 Å². The molecule has 0 bridgehead atoms. The minimum absolute atomic E-state index is 0.229. The number of ether oxygens (including phenoxy) is 1. The smallest absolute Gasteiger partial charge is 0.338 e. The number of benzene rings is 2. The van der Waals surface area contributed by atoms with Crippen LogP contribution >= 0.6 is 23.2 Å². The summed E-state index contributed by atoms with van der Waals surface area (Å²) in [5, 5.41) is 0.823. The van der Waals surface area contributed by atoms with Gasteiger partial charge in [-0.3, -0.25) is 9.10 Å². The number of fused-ring (bicyclic) bond motifs is 1. The van der Waals surface area contributed by atoms with Crippen LogP contribution in [0.3, 0.4) is 0 Å². The second-order valence-corrected chi connectivity index (χ2v) is 10.2. The quantitative estimate of drug-likeness (QED) is 0.585. The van der Waals surface area contributed by atoms with E-state index in [1.54, 1.807) is 44.3 Å². The molecule has 10 heteroatoms. The Bertz CT molecular complexity index is 1140. The molecule has 0 saturated carbocycles. The number of sulfonamides is 1. The molecule has 0 fully saturated rings. The molecule has 0 saturated heterocycles. The van der Waals surface area contributed by atoms with Gasteiger partial charge in [-0.05, 0) is 54.8 Å². The zero-order valence-electron chi connectivity index (χ0n) is 17.3. The molecule has 1 aliphatic rings. The molecular formula is C21H22Cl2N2O5S. The molecule has 166 valence electrons. The summed E-state index contributed by atoms with van der Waals surface area (Å²) in [6.45, 7) is 1.67. The van der Waals surface area contributed by atoms with Crippen LogP contribution in [0.5, 0.6) is 0 Å². The van der Waals surface area contributed by atoms with Crippen molar-refractivity contribution < 1.29 is 22.7 Å². The number of nitrogens with zero attached hydrogens (tertiary/aromatic N) is 2. The highest BCUT2D eigenvalue weighted by molar-refractivity contribution is 7.92. The second kappa shape index (κ2) is 9.06. The lowest BCUT2D eigenvalue weighted by atomic mass is 10.1. The van der Waals surface area contributed by atoms with Crippen molar-refractivity contribution in [3.63, 3.8) is 0 Å². The van der Waals surface area contributed by atoms with Gasteiger partial charge in [0.05, 0.1) is 27.6 Å². The molecule has 0 N–H and O–H groups in total. The highest BCUT2D eigenvalue weighted by atomic mass is 35.5. The minimum atomic E-state index is -3.41. The average molecular weight is 485 g/mol. The lowest BCUT2D eigenvalue weighted by Gasteiger charge is -2.21. The first-order valence-electron chi connectivity index (χ1n) is 9.44. The summed E-state index contributed by atoms with van der Waals surface area (Å²) >= 11 is 11.9. The van der Waals surface area contributed by atoms with E-state index in [9.17, 15) is 18.0 Å². The molecular weight excluding hydrogens is 463 g/mol. The summed E-state index contributed by atoms with van der Waals surface area (Å²) in [5.41, 5.74) is 2.36. The van der Waals surface area contributed by atoms with Crippen LogP contribution in [0.25, 0.3) is 0 Å². The third-order valence-electron chi connectivity index (χ3n) is 4.98. The van der Waals surface area contributed by atoms with Gasteiger partial charge in [-0.1, -0.05) is 29.3 Å². The van der Waals surface area contributed by atoms with Gasteiger partial charge >= 0.3 is 5.97 Å². The van der Waals surface area contributed by atoms with Gasteiger partial charge in [-0.15, -0.1) is 0 Å². The molecule has 1 unspecified atom stereocenters. The zero-order chi connectivity index (χ0) is 22.9. The molecule has 2 aromatic rings. The molecule has 0 aromatic heterocycles. The molecule has 2 aromatic carbocycles. The van der Waals surface area contributed by atoms with Gasteiger partial charge < -0.3 is 9.64 Å². The number of amides is 1. The van der Waals surface area contributed by atoms with Crippen molar-refractivity contribution in [3.8, 4) is 0 Å². The van der Waals surface area contributed by atoms with E-state index >= 15 is 0 Å². The lowest BCUT2D eigenvalue weighted by molar-refractivity contribution is -0.133. The first kappa shape index (κ1) is 23.4. The summed E-state index contributed by atoms with van der Waals surface area (Å²) in [6, 6.07) is 9.56. The Hall–Kier alpha value is -2.29. The molecule has 0 radical (unpaired) electrons. The van der Waals surface area contributed by atoms with E-state index < -0.39 is 22.6 Å². The van der Waals surface area contributed by atoms with Crippen molar-refractivity contribution in [2.45, 2.75) is 25.9 Å². The van der Waals surface area contributed by atoms with E-state index in [2.05, 4.69) is 0 Å². The van der Waals surface area contributed by atoms with Crippen molar-refractivity contribution in [1.29, 1.82) is 0 Å². The van der Waals surface area contributed by atoms with Gasteiger partial charge in [-0.25, -0.2) is 13.2 Å². The Kier molecular flexibility index (Phi) is 6.83. The number of rotatable bonds is 6. The van der Waals surface area contributed by atoms with Gasteiger partial charge in [0.1, 0.15) is 0 Å². The molecule has 0 spiro atoms. The van der Waals surface area contributed by atoms with Crippen molar-refractivity contribution in [3.05, 3.63) is 63.1 Å². The number of esters is 1. The van der Waals surface area contributed by atoms with Crippen LogP contribution in [0, 0.1) is 0 Å². The van der Waals surface area contributed by atoms with Crippen LogP contribution in [-0.2, 0) is 32.5 Å².